The fourth-order valence-electron chi connectivity index (χ4n) is 2.89. The Bertz CT molecular complexity index is 1330. The molecule has 0 saturated carbocycles. The highest BCUT2D eigenvalue weighted by molar-refractivity contribution is 7.92. The quantitative estimate of drug-likeness (QED) is 0.593. The highest BCUT2D eigenvalue weighted by Gasteiger charge is 2.22. The van der Waals surface area contributed by atoms with Gasteiger partial charge in [0, 0.05) is 10.4 Å². The Morgan fingerprint density at radius 3 is 2.47 bits per heavy atom. The maximum atomic E-state index is 13.2. The molecule has 0 spiro atoms. The summed E-state index contributed by atoms with van der Waals surface area (Å²) in [5.41, 5.74) is 1.26. The van der Waals surface area contributed by atoms with Crippen LogP contribution in [0.1, 0.15) is 33.3 Å². The highest BCUT2D eigenvalue weighted by Crippen LogP contribution is 2.35. The molecule has 9 heteroatoms. The number of aryl methyl sites for hydroxylation is 1. The van der Waals surface area contributed by atoms with Crippen LogP contribution >= 0.6 is 11.3 Å². The maximum Gasteiger partial charge on any atom is 0.335 e. The monoisotopic (exact) mass is 437 g/mol. The standard InChI is InChI=1S/C21H15N3O4S2/c1-2-14-4-5-15(21(25)26)10-20(14)30(27,28)24-18-9-13(11-22)3-7-17(18)19-8-6-16(12-23)29-19/h3-10,24H,2H2,1H3,(H,25,26). The molecule has 0 atom stereocenters. The van der Waals surface area contributed by atoms with E-state index >= 15 is 0 Å². The number of benzene rings is 2. The molecule has 0 fully saturated rings. The number of anilines is 1. The van der Waals surface area contributed by atoms with Gasteiger partial charge in [0.25, 0.3) is 10.0 Å². The van der Waals surface area contributed by atoms with E-state index in [1.54, 1.807) is 31.2 Å². The number of rotatable bonds is 6. The molecule has 0 amide bonds. The molecule has 0 unspecified atom stereocenters. The second-order valence-corrected chi connectivity index (χ2v) is 8.97. The second-order valence-electron chi connectivity index (χ2n) is 6.23. The van der Waals surface area contributed by atoms with Crippen molar-refractivity contribution in [1.82, 2.24) is 0 Å². The van der Waals surface area contributed by atoms with Crippen LogP contribution in [-0.4, -0.2) is 19.5 Å². The number of aromatic carboxylic acids is 1. The molecule has 1 heterocycles. The minimum atomic E-state index is -4.15. The van der Waals surface area contributed by atoms with Crippen LogP contribution in [0, 0.1) is 22.7 Å². The van der Waals surface area contributed by atoms with Crippen molar-refractivity contribution in [2.24, 2.45) is 0 Å². The normalized spacial score (nSPS) is 10.8. The zero-order valence-corrected chi connectivity index (χ0v) is 17.3. The predicted octanol–water partition coefficient (Wildman–Crippen LogP) is 4.22. The third kappa shape index (κ3) is 4.18. The molecule has 7 nitrogen and oxygen atoms in total. The summed E-state index contributed by atoms with van der Waals surface area (Å²) in [6, 6.07) is 15.9. The molecule has 0 radical (unpaired) electrons. The van der Waals surface area contributed by atoms with Gasteiger partial charge in [0.15, 0.2) is 0 Å². The topological polar surface area (TPSA) is 131 Å². The van der Waals surface area contributed by atoms with E-state index < -0.39 is 16.0 Å². The van der Waals surface area contributed by atoms with Gasteiger partial charge in [-0.15, -0.1) is 11.3 Å². The van der Waals surface area contributed by atoms with E-state index in [2.05, 4.69) is 4.72 Å². The lowest BCUT2D eigenvalue weighted by molar-refractivity contribution is 0.0696. The Balaban J connectivity index is 2.13. The number of nitrogens with one attached hydrogen (secondary N) is 1. The summed E-state index contributed by atoms with van der Waals surface area (Å²) in [7, 11) is -4.15. The van der Waals surface area contributed by atoms with Gasteiger partial charge in [-0.3, -0.25) is 4.72 Å². The van der Waals surface area contributed by atoms with Gasteiger partial charge in [-0.1, -0.05) is 19.1 Å². The van der Waals surface area contributed by atoms with E-state index in [9.17, 15) is 23.6 Å². The average molecular weight is 438 g/mol. The van der Waals surface area contributed by atoms with Gasteiger partial charge in [0.1, 0.15) is 10.9 Å². The van der Waals surface area contributed by atoms with Crippen LogP contribution in [-0.2, 0) is 16.4 Å². The summed E-state index contributed by atoms with van der Waals surface area (Å²) in [6.45, 7) is 1.77. The van der Waals surface area contributed by atoms with E-state index in [0.717, 1.165) is 6.07 Å². The van der Waals surface area contributed by atoms with Gasteiger partial charge in [-0.25, -0.2) is 13.2 Å². The molecule has 3 aromatic rings. The van der Waals surface area contributed by atoms with Gasteiger partial charge >= 0.3 is 5.97 Å². The van der Waals surface area contributed by atoms with Gasteiger partial charge in [0.2, 0.25) is 0 Å². The van der Waals surface area contributed by atoms with E-state index in [1.807, 2.05) is 12.1 Å². The molecule has 0 aliphatic rings. The van der Waals surface area contributed by atoms with Crippen molar-refractivity contribution in [3.8, 4) is 22.6 Å². The fraction of sp³-hybridized carbons (Fsp3) is 0.0952. The number of carbonyl (C=O) groups is 1. The fourth-order valence-corrected chi connectivity index (χ4v) is 5.14. The first-order valence-corrected chi connectivity index (χ1v) is 11.0. The first-order valence-electron chi connectivity index (χ1n) is 8.72. The lowest BCUT2D eigenvalue weighted by Crippen LogP contribution is -2.16. The largest absolute Gasteiger partial charge is 0.478 e. The molecule has 2 N–H and O–H groups in total. The number of thiophene rings is 1. The molecule has 0 bridgehead atoms. The number of sulfonamides is 1. The van der Waals surface area contributed by atoms with Crippen molar-refractivity contribution in [3.05, 3.63) is 70.1 Å². The number of hydrogen-bond donors (Lipinski definition) is 2. The number of hydrogen-bond acceptors (Lipinski definition) is 6. The summed E-state index contributed by atoms with van der Waals surface area (Å²) in [5.74, 6) is -1.23. The summed E-state index contributed by atoms with van der Waals surface area (Å²) in [4.78, 5) is 12.3. The van der Waals surface area contributed by atoms with Crippen LogP contribution in [0.25, 0.3) is 10.4 Å². The average Bonchev–Trinajstić information content (AvgIpc) is 3.21. The highest BCUT2D eigenvalue weighted by atomic mass is 32.2. The summed E-state index contributed by atoms with van der Waals surface area (Å²) < 4.78 is 28.8. The van der Waals surface area contributed by atoms with Crippen molar-refractivity contribution in [2.45, 2.75) is 18.2 Å². The Morgan fingerprint density at radius 1 is 1.10 bits per heavy atom. The number of carboxylic acid groups (broad SMARTS) is 1. The zero-order valence-electron chi connectivity index (χ0n) is 15.7. The zero-order chi connectivity index (χ0) is 21.9. The number of nitriles is 2. The summed E-state index contributed by atoms with van der Waals surface area (Å²) in [5, 5.41) is 27.5. The summed E-state index contributed by atoms with van der Waals surface area (Å²) >= 11 is 1.19. The Kier molecular flexibility index (Phi) is 5.88. The van der Waals surface area contributed by atoms with E-state index in [4.69, 9.17) is 5.26 Å². The third-order valence-corrected chi connectivity index (χ3v) is 6.83. The molecule has 0 aliphatic carbocycles. The molecule has 0 aliphatic heterocycles. The van der Waals surface area contributed by atoms with Crippen molar-refractivity contribution >= 4 is 33.0 Å². The van der Waals surface area contributed by atoms with Gasteiger partial charge < -0.3 is 5.11 Å². The summed E-state index contributed by atoms with van der Waals surface area (Å²) in [6.07, 6.45) is 0.387. The molecular weight excluding hydrogens is 422 g/mol. The predicted molar refractivity (Wildman–Crippen MR) is 113 cm³/mol. The van der Waals surface area contributed by atoms with Crippen molar-refractivity contribution < 1.29 is 18.3 Å². The first kappa shape index (κ1) is 21.1. The molecule has 30 heavy (non-hydrogen) atoms. The van der Waals surface area contributed by atoms with Crippen LogP contribution in [0.5, 0.6) is 0 Å². The van der Waals surface area contributed by atoms with Crippen LogP contribution in [0.3, 0.4) is 0 Å². The van der Waals surface area contributed by atoms with Crippen molar-refractivity contribution in [2.75, 3.05) is 4.72 Å². The van der Waals surface area contributed by atoms with Crippen LogP contribution in [0.2, 0.25) is 0 Å². The number of nitrogens with zero attached hydrogens (tertiary/aromatic N) is 2. The molecule has 2 aromatic carbocycles. The Morgan fingerprint density at radius 2 is 1.87 bits per heavy atom. The van der Waals surface area contributed by atoms with Gasteiger partial charge in [0.05, 0.1) is 27.8 Å². The van der Waals surface area contributed by atoms with Crippen LogP contribution in [0.15, 0.2) is 53.4 Å². The van der Waals surface area contributed by atoms with Gasteiger partial charge in [-0.2, -0.15) is 10.5 Å². The van der Waals surface area contributed by atoms with Crippen molar-refractivity contribution in [3.63, 3.8) is 0 Å². The van der Waals surface area contributed by atoms with Gasteiger partial charge in [-0.05, 0) is 48.4 Å². The molecule has 0 saturated heterocycles. The van der Waals surface area contributed by atoms with Crippen LogP contribution < -0.4 is 4.72 Å². The molecule has 3 rings (SSSR count). The van der Waals surface area contributed by atoms with Crippen molar-refractivity contribution in [1.29, 1.82) is 10.5 Å². The van der Waals surface area contributed by atoms with E-state index in [1.165, 1.54) is 29.5 Å². The number of carboxylic acids is 1. The minimum absolute atomic E-state index is 0.137. The molecule has 150 valence electrons. The SMILES string of the molecule is CCc1ccc(C(=O)O)cc1S(=O)(=O)Nc1cc(C#N)ccc1-c1ccc(C#N)s1. The minimum Gasteiger partial charge on any atom is -0.478 e. The van der Waals surface area contributed by atoms with E-state index in [0.29, 0.717) is 27.3 Å². The maximum absolute atomic E-state index is 13.2. The first-order chi connectivity index (χ1) is 14.3. The Labute approximate surface area is 177 Å². The second kappa shape index (κ2) is 8.37. The molecule has 1 aromatic heterocycles. The van der Waals surface area contributed by atoms with Crippen LogP contribution in [0.4, 0.5) is 5.69 Å². The lowest BCUT2D eigenvalue weighted by Gasteiger charge is -2.15. The molecular formula is C21H15N3O4S2. The smallest absolute Gasteiger partial charge is 0.335 e. The lowest BCUT2D eigenvalue weighted by atomic mass is 10.1. The Hall–Kier alpha value is -3.66. The third-order valence-electron chi connectivity index (χ3n) is 4.36. The van der Waals surface area contributed by atoms with E-state index in [-0.39, 0.29) is 21.7 Å².